The van der Waals surface area contributed by atoms with Gasteiger partial charge in [-0.2, -0.15) is 0 Å². The zero-order valence-corrected chi connectivity index (χ0v) is 9.84. The van der Waals surface area contributed by atoms with Gasteiger partial charge in [0.25, 0.3) is 0 Å². The molecule has 0 aromatic carbocycles. The second-order valence-electron chi connectivity index (χ2n) is 3.37. The van der Waals surface area contributed by atoms with Crippen molar-refractivity contribution in [1.29, 1.82) is 0 Å². The van der Waals surface area contributed by atoms with E-state index in [1.165, 1.54) is 12.8 Å². The first kappa shape index (κ1) is 11.7. The topological polar surface area (TPSA) is 20.2 Å². The second kappa shape index (κ2) is 6.23. The minimum absolute atomic E-state index is 0.321. The van der Waals surface area contributed by atoms with Gasteiger partial charge >= 0.3 is 0 Å². The summed E-state index contributed by atoms with van der Waals surface area (Å²) in [5, 5.41) is 8.92. The highest BCUT2D eigenvalue weighted by molar-refractivity contribution is 14.1. The van der Waals surface area contributed by atoms with E-state index in [0.717, 1.165) is 5.92 Å². The van der Waals surface area contributed by atoms with Crippen molar-refractivity contribution in [3.8, 4) is 0 Å². The molecule has 0 fully saturated rings. The molecule has 0 aromatic rings. The van der Waals surface area contributed by atoms with Gasteiger partial charge < -0.3 is 5.11 Å². The molecule has 0 amide bonds. The van der Waals surface area contributed by atoms with Gasteiger partial charge in [0.05, 0.1) is 0 Å². The van der Waals surface area contributed by atoms with Crippen molar-refractivity contribution in [2.45, 2.75) is 37.5 Å². The highest BCUT2D eigenvalue weighted by Gasteiger charge is 2.18. The van der Waals surface area contributed by atoms with Gasteiger partial charge in [-0.1, -0.05) is 49.8 Å². The van der Waals surface area contributed by atoms with Crippen LogP contribution in [-0.2, 0) is 0 Å². The van der Waals surface area contributed by atoms with Crippen molar-refractivity contribution in [2.24, 2.45) is 11.8 Å². The summed E-state index contributed by atoms with van der Waals surface area (Å²) in [4.78, 5) is 0. The van der Waals surface area contributed by atoms with E-state index in [9.17, 15) is 0 Å². The lowest BCUT2D eigenvalue weighted by atomic mass is 9.94. The summed E-state index contributed by atoms with van der Waals surface area (Å²) in [5.41, 5.74) is 0. The van der Waals surface area contributed by atoms with Gasteiger partial charge in [-0.05, 0) is 18.3 Å². The highest BCUT2D eigenvalue weighted by Crippen LogP contribution is 2.25. The van der Waals surface area contributed by atoms with E-state index in [1.54, 1.807) is 0 Å². The number of hydrogen-bond acceptors (Lipinski definition) is 1. The Kier molecular flexibility index (Phi) is 6.62. The summed E-state index contributed by atoms with van der Waals surface area (Å²) in [7, 11) is 0. The molecule has 0 saturated carbocycles. The monoisotopic (exact) mass is 270 g/mol. The van der Waals surface area contributed by atoms with Gasteiger partial charge in [0, 0.05) is 10.5 Å². The third kappa shape index (κ3) is 4.31. The molecule has 2 heteroatoms. The Balaban J connectivity index is 3.70. The molecule has 1 N–H and O–H groups in total. The number of aliphatic hydroxyl groups is 1. The normalized spacial score (nSPS) is 19.4. The molecule has 0 aromatic heterocycles. The second-order valence-corrected chi connectivity index (χ2v) is 4.81. The number of rotatable bonds is 5. The Morgan fingerprint density at radius 2 is 1.82 bits per heavy atom. The van der Waals surface area contributed by atoms with E-state index in [1.807, 2.05) is 0 Å². The molecular formula is C9H19IO. The zero-order chi connectivity index (χ0) is 8.85. The van der Waals surface area contributed by atoms with Crippen LogP contribution >= 0.6 is 22.6 Å². The Bertz CT molecular complexity index is 95.6. The van der Waals surface area contributed by atoms with Gasteiger partial charge in [0.15, 0.2) is 0 Å². The van der Waals surface area contributed by atoms with Crippen molar-refractivity contribution in [1.82, 2.24) is 0 Å². The van der Waals surface area contributed by atoms with Crippen LogP contribution in [0.1, 0.15) is 33.6 Å². The maximum Gasteiger partial charge on any atom is 0.0466 e. The minimum atomic E-state index is 0.321. The predicted octanol–water partition coefficient (Wildman–Crippen LogP) is 2.85. The van der Waals surface area contributed by atoms with E-state index < -0.39 is 0 Å². The van der Waals surface area contributed by atoms with Gasteiger partial charge in [0.2, 0.25) is 0 Å². The third-order valence-electron chi connectivity index (χ3n) is 2.12. The molecule has 0 heterocycles. The van der Waals surface area contributed by atoms with Crippen LogP contribution in [0.4, 0.5) is 0 Å². The maximum atomic E-state index is 8.92. The number of halogens is 1. The average Bonchev–Trinajstić information content (AvgIpc) is 2.02. The van der Waals surface area contributed by atoms with E-state index >= 15 is 0 Å². The van der Waals surface area contributed by atoms with Crippen LogP contribution < -0.4 is 0 Å². The summed E-state index contributed by atoms with van der Waals surface area (Å²) < 4.78 is 0.623. The summed E-state index contributed by atoms with van der Waals surface area (Å²) in [6, 6.07) is 0. The molecule has 1 nitrogen and oxygen atoms in total. The largest absolute Gasteiger partial charge is 0.396 e. The first-order chi connectivity index (χ1) is 5.13. The van der Waals surface area contributed by atoms with Gasteiger partial charge in [-0.25, -0.2) is 0 Å². The Hall–Kier alpha value is 0.690. The molecule has 3 atom stereocenters. The minimum Gasteiger partial charge on any atom is -0.396 e. The van der Waals surface area contributed by atoms with E-state index in [0.29, 0.717) is 16.4 Å². The van der Waals surface area contributed by atoms with Crippen LogP contribution in [-0.4, -0.2) is 15.6 Å². The molecule has 68 valence electrons. The van der Waals surface area contributed by atoms with Gasteiger partial charge in [-0.3, -0.25) is 0 Å². The number of aliphatic hydroxyl groups excluding tert-OH is 1. The fourth-order valence-corrected chi connectivity index (χ4v) is 1.86. The SMILES string of the molecule is CCCC(C)C(I)C(C)CO. The summed E-state index contributed by atoms with van der Waals surface area (Å²) >= 11 is 2.46. The lowest BCUT2D eigenvalue weighted by molar-refractivity contribution is 0.222. The smallest absolute Gasteiger partial charge is 0.0466 e. The molecule has 0 aliphatic rings. The molecule has 3 unspecified atom stereocenters. The first-order valence-electron chi connectivity index (χ1n) is 4.38. The lowest BCUT2D eigenvalue weighted by Crippen LogP contribution is -2.22. The van der Waals surface area contributed by atoms with E-state index in [4.69, 9.17) is 5.11 Å². The number of hydrogen-bond donors (Lipinski definition) is 1. The third-order valence-corrected chi connectivity index (χ3v) is 4.57. The van der Waals surface area contributed by atoms with E-state index in [2.05, 4.69) is 43.4 Å². The Labute approximate surface area is 83.7 Å². The molecule has 0 spiro atoms. The van der Waals surface area contributed by atoms with Crippen molar-refractivity contribution in [3.05, 3.63) is 0 Å². The molecule has 0 aliphatic heterocycles. The van der Waals surface area contributed by atoms with Crippen LogP contribution in [0.5, 0.6) is 0 Å². The van der Waals surface area contributed by atoms with Crippen molar-refractivity contribution in [2.75, 3.05) is 6.61 Å². The van der Waals surface area contributed by atoms with Crippen molar-refractivity contribution >= 4 is 22.6 Å². The molecule has 0 rings (SSSR count). The zero-order valence-electron chi connectivity index (χ0n) is 7.68. The summed E-state index contributed by atoms with van der Waals surface area (Å²) in [6.07, 6.45) is 2.52. The Morgan fingerprint density at radius 1 is 1.27 bits per heavy atom. The highest BCUT2D eigenvalue weighted by atomic mass is 127. The van der Waals surface area contributed by atoms with Gasteiger partial charge in [-0.15, -0.1) is 0 Å². The average molecular weight is 270 g/mol. The molecule has 0 aliphatic carbocycles. The van der Waals surface area contributed by atoms with E-state index in [-0.39, 0.29) is 0 Å². The maximum absolute atomic E-state index is 8.92. The molecule has 11 heavy (non-hydrogen) atoms. The van der Waals surface area contributed by atoms with Crippen LogP contribution in [0, 0.1) is 11.8 Å². The van der Waals surface area contributed by atoms with Crippen molar-refractivity contribution < 1.29 is 5.11 Å². The standard InChI is InChI=1S/C9H19IO/c1-4-5-7(2)9(10)8(3)6-11/h7-9,11H,4-6H2,1-3H3. The van der Waals surface area contributed by atoms with Crippen LogP contribution in [0.15, 0.2) is 0 Å². The fraction of sp³-hybridized carbons (Fsp3) is 1.00. The quantitative estimate of drug-likeness (QED) is 0.601. The van der Waals surface area contributed by atoms with Gasteiger partial charge in [0.1, 0.15) is 0 Å². The Morgan fingerprint density at radius 3 is 2.18 bits per heavy atom. The van der Waals surface area contributed by atoms with Crippen LogP contribution in [0.3, 0.4) is 0 Å². The molecule has 0 saturated heterocycles. The molecule has 0 bridgehead atoms. The van der Waals surface area contributed by atoms with Crippen molar-refractivity contribution in [3.63, 3.8) is 0 Å². The molecular weight excluding hydrogens is 251 g/mol. The number of alkyl halides is 1. The first-order valence-corrected chi connectivity index (χ1v) is 5.63. The summed E-state index contributed by atoms with van der Waals surface area (Å²) in [5.74, 6) is 1.18. The summed E-state index contributed by atoms with van der Waals surface area (Å²) in [6.45, 7) is 6.92. The van der Waals surface area contributed by atoms with Crippen LogP contribution in [0.25, 0.3) is 0 Å². The van der Waals surface area contributed by atoms with Crippen LogP contribution in [0.2, 0.25) is 0 Å². The predicted molar refractivity (Wildman–Crippen MR) is 58.1 cm³/mol. The fourth-order valence-electron chi connectivity index (χ4n) is 1.28. The lowest BCUT2D eigenvalue weighted by Gasteiger charge is -2.22. The molecule has 0 radical (unpaired) electrons.